The van der Waals surface area contributed by atoms with Crippen LogP contribution < -0.4 is 14.8 Å². The summed E-state index contributed by atoms with van der Waals surface area (Å²) in [7, 11) is 1.57. The number of carbonyl (C=O) groups excluding carboxylic acids is 1. The monoisotopic (exact) mass is 343 g/mol. The smallest absolute Gasteiger partial charge is 0.273 e. The maximum absolute atomic E-state index is 12.0. The Bertz CT molecular complexity index is 842. The summed E-state index contributed by atoms with van der Waals surface area (Å²) in [6.07, 6.45) is 2.72. The van der Waals surface area contributed by atoms with Crippen LogP contribution in [0.15, 0.2) is 45.7 Å². The second-order valence-corrected chi connectivity index (χ2v) is 5.24. The quantitative estimate of drug-likeness (QED) is 0.703. The molecule has 8 heteroatoms. The number of hydrogen-bond acceptors (Lipinski definition) is 7. The number of hydrogen-bond donors (Lipinski definition) is 1. The van der Waals surface area contributed by atoms with E-state index in [4.69, 9.17) is 18.4 Å². The molecule has 0 aliphatic rings. The zero-order valence-corrected chi connectivity index (χ0v) is 13.8. The lowest BCUT2D eigenvalue weighted by Gasteiger charge is -2.09. The molecule has 0 aliphatic heterocycles. The predicted molar refractivity (Wildman–Crippen MR) is 86.2 cm³/mol. The van der Waals surface area contributed by atoms with Crippen LogP contribution in [-0.2, 0) is 13.2 Å². The number of carbonyl (C=O) groups is 1. The molecular weight excluding hydrogens is 326 g/mol. The predicted octanol–water partition coefficient (Wildman–Crippen LogP) is 2.49. The van der Waals surface area contributed by atoms with Crippen molar-refractivity contribution in [2.45, 2.75) is 20.1 Å². The van der Waals surface area contributed by atoms with Crippen LogP contribution >= 0.6 is 0 Å². The minimum Gasteiger partial charge on any atom is -0.493 e. The van der Waals surface area contributed by atoms with E-state index in [1.165, 1.54) is 12.5 Å². The summed E-state index contributed by atoms with van der Waals surface area (Å²) in [6, 6.07) is 7.25. The minimum absolute atomic E-state index is 0.0794. The highest BCUT2D eigenvalue weighted by molar-refractivity contribution is 5.91. The fourth-order valence-electron chi connectivity index (χ4n) is 2.11. The van der Waals surface area contributed by atoms with Crippen molar-refractivity contribution >= 4 is 5.91 Å². The first-order valence-corrected chi connectivity index (χ1v) is 7.55. The Morgan fingerprint density at radius 3 is 2.92 bits per heavy atom. The molecule has 0 spiro atoms. The van der Waals surface area contributed by atoms with Gasteiger partial charge in [-0.15, -0.1) is 0 Å². The number of benzene rings is 1. The Morgan fingerprint density at radius 1 is 1.28 bits per heavy atom. The van der Waals surface area contributed by atoms with E-state index in [2.05, 4.69) is 15.5 Å². The Morgan fingerprint density at radius 2 is 2.16 bits per heavy atom. The summed E-state index contributed by atoms with van der Waals surface area (Å²) in [6.45, 7) is 2.29. The standard InChI is InChI=1S/C17H17N3O5/c1-11-3-4-14(15(7-11)22-2)23-10-16-19-13(9-24-16)17(21)18-8-12-5-6-25-20-12/h3-7,9H,8,10H2,1-2H3,(H,18,21). The molecule has 0 unspecified atom stereocenters. The second kappa shape index (κ2) is 7.52. The number of ether oxygens (including phenoxy) is 2. The highest BCUT2D eigenvalue weighted by Crippen LogP contribution is 2.28. The van der Waals surface area contributed by atoms with Gasteiger partial charge in [0.15, 0.2) is 23.8 Å². The van der Waals surface area contributed by atoms with Gasteiger partial charge in [-0.3, -0.25) is 4.79 Å². The van der Waals surface area contributed by atoms with Crippen molar-refractivity contribution in [3.63, 3.8) is 0 Å². The molecule has 0 bridgehead atoms. The maximum atomic E-state index is 12.0. The maximum Gasteiger partial charge on any atom is 0.273 e. The SMILES string of the molecule is COc1cc(C)ccc1OCc1nc(C(=O)NCc2ccon2)co1. The summed E-state index contributed by atoms with van der Waals surface area (Å²) < 4.78 is 20.9. The molecule has 0 saturated heterocycles. The van der Waals surface area contributed by atoms with Crippen LogP contribution in [-0.4, -0.2) is 23.2 Å². The molecule has 2 heterocycles. The first kappa shape index (κ1) is 16.6. The largest absolute Gasteiger partial charge is 0.493 e. The van der Waals surface area contributed by atoms with Crippen molar-refractivity contribution in [3.8, 4) is 11.5 Å². The topological polar surface area (TPSA) is 99.6 Å². The van der Waals surface area contributed by atoms with Gasteiger partial charge in [0, 0.05) is 6.07 Å². The molecule has 1 amide bonds. The van der Waals surface area contributed by atoms with Gasteiger partial charge in [0.1, 0.15) is 18.2 Å². The Balaban J connectivity index is 1.57. The van der Waals surface area contributed by atoms with E-state index in [9.17, 15) is 4.79 Å². The number of rotatable bonds is 7. The highest BCUT2D eigenvalue weighted by Gasteiger charge is 2.14. The van der Waals surface area contributed by atoms with Crippen LogP contribution in [0.25, 0.3) is 0 Å². The van der Waals surface area contributed by atoms with Gasteiger partial charge in [-0.1, -0.05) is 11.2 Å². The second-order valence-electron chi connectivity index (χ2n) is 5.24. The van der Waals surface area contributed by atoms with Gasteiger partial charge in [0.25, 0.3) is 5.91 Å². The molecule has 0 atom stereocenters. The fourth-order valence-corrected chi connectivity index (χ4v) is 2.11. The van der Waals surface area contributed by atoms with E-state index in [1.54, 1.807) is 13.2 Å². The molecule has 0 fully saturated rings. The molecule has 0 radical (unpaired) electrons. The number of amides is 1. The molecule has 1 aromatic carbocycles. The molecule has 25 heavy (non-hydrogen) atoms. The number of aromatic nitrogens is 2. The zero-order chi connectivity index (χ0) is 17.6. The van der Waals surface area contributed by atoms with Crippen LogP contribution in [0.3, 0.4) is 0 Å². The van der Waals surface area contributed by atoms with Gasteiger partial charge in [-0.2, -0.15) is 0 Å². The molecule has 8 nitrogen and oxygen atoms in total. The number of nitrogens with zero attached hydrogens (tertiary/aromatic N) is 2. The van der Waals surface area contributed by atoms with Gasteiger partial charge in [0.05, 0.1) is 13.7 Å². The van der Waals surface area contributed by atoms with Crippen LogP contribution in [0.5, 0.6) is 11.5 Å². The van der Waals surface area contributed by atoms with Crippen LogP contribution in [0.4, 0.5) is 0 Å². The third-order valence-electron chi connectivity index (χ3n) is 3.38. The van der Waals surface area contributed by atoms with Gasteiger partial charge < -0.3 is 23.7 Å². The average Bonchev–Trinajstić information content (AvgIpc) is 3.30. The molecule has 2 aromatic heterocycles. The van der Waals surface area contributed by atoms with E-state index in [0.29, 0.717) is 17.2 Å². The lowest BCUT2D eigenvalue weighted by molar-refractivity contribution is 0.0945. The van der Waals surface area contributed by atoms with Gasteiger partial charge in [-0.25, -0.2) is 4.98 Å². The molecule has 3 rings (SSSR count). The lowest BCUT2D eigenvalue weighted by atomic mass is 10.2. The fraction of sp³-hybridized carbons (Fsp3) is 0.235. The third-order valence-corrected chi connectivity index (χ3v) is 3.38. The van der Waals surface area contributed by atoms with E-state index in [1.807, 2.05) is 25.1 Å². The molecular formula is C17H17N3O5. The molecule has 0 aliphatic carbocycles. The average molecular weight is 343 g/mol. The van der Waals surface area contributed by atoms with Crippen molar-refractivity contribution in [1.82, 2.24) is 15.5 Å². The first-order chi connectivity index (χ1) is 12.2. The summed E-state index contributed by atoms with van der Waals surface area (Å²) in [5, 5.41) is 6.38. The Kier molecular flexibility index (Phi) is 4.98. The van der Waals surface area contributed by atoms with E-state index in [0.717, 1.165) is 5.56 Å². The van der Waals surface area contributed by atoms with Crippen molar-refractivity contribution < 1.29 is 23.2 Å². The lowest BCUT2D eigenvalue weighted by Crippen LogP contribution is -2.23. The number of methoxy groups -OCH3 is 1. The number of nitrogens with one attached hydrogen (secondary N) is 1. The van der Waals surface area contributed by atoms with Crippen molar-refractivity contribution in [3.05, 3.63) is 59.6 Å². The first-order valence-electron chi connectivity index (χ1n) is 7.55. The van der Waals surface area contributed by atoms with Crippen molar-refractivity contribution in [2.24, 2.45) is 0 Å². The molecule has 0 saturated carbocycles. The molecule has 3 aromatic rings. The van der Waals surface area contributed by atoms with Crippen LogP contribution in [0.1, 0.15) is 27.6 Å². The van der Waals surface area contributed by atoms with E-state index in [-0.39, 0.29) is 30.6 Å². The molecule has 130 valence electrons. The van der Waals surface area contributed by atoms with Crippen molar-refractivity contribution in [1.29, 1.82) is 0 Å². The zero-order valence-electron chi connectivity index (χ0n) is 13.8. The third kappa shape index (κ3) is 4.17. The summed E-state index contributed by atoms with van der Waals surface area (Å²) in [4.78, 5) is 16.1. The van der Waals surface area contributed by atoms with Crippen molar-refractivity contribution in [2.75, 3.05) is 7.11 Å². The number of oxazole rings is 1. The number of aryl methyl sites for hydroxylation is 1. The van der Waals surface area contributed by atoms with Crippen LogP contribution in [0.2, 0.25) is 0 Å². The van der Waals surface area contributed by atoms with Gasteiger partial charge in [0.2, 0.25) is 5.89 Å². The van der Waals surface area contributed by atoms with E-state index >= 15 is 0 Å². The Hall–Kier alpha value is -3.29. The summed E-state index contributed by atoms with van der Waals surface area (Å²) >= 11 is 0. The van der Waals surface area contributed by atoms with Gasteiger partial charge in [-0.05, 0) is 24.6 Å². The normalized spacial score (nSPS) is 10.5. The van der Waals surface area contributed by atoms with Crippen LogP contribution in [0, 0.1) is 6.92 Å². The van der Waals surface area contributed by atoms with E-state index < -0.39 is 0 Å². The Labute approximate surface area is 143 Å². The minimum atomic E-state index is -0.370. The van der Waals surface area contributed by atoms with Gasteiger partial charge >= 0.3 is 0 Å². The molecule has 1 N–H and O–H groups in total. The summed E-state index contributed by atoms with van der Waals surface area (Å²) in [5.41, 5.74) is 1.84. The summed E-state index contributed by atoms with van der Waals surface area (Å²) in [5.74, 6) is 1.11. The highest BCUT2D eigenvalue weighted by atomic mass is 16.5.